The normalized spacial score (nSPS) is 22.2. The number of hydrogen-bond donors (Lipinski definition) is 2. The van der Waals surface area contributed by atoms with Gasteiger partial charge in [-0.1, -0.05) is 18.0 Å². The number of halogens is 1. The molecule has 1 aliphatic heterocycles. The number of carbonyl (C=O) groups is 2. The fraction of sp³-hybridized carbons (Fsp3) is 0.444. The smallest absolute Gasteiger partial charge is 0.222 e. The van der Waals surface area contributed by atoms with E-state index in [2.05, 4.69) is 25.5 Å². The lowest BCUT2D eigenvalue weighted by Crippen LogP contribution is -2.38. The van der Waals surface area contributed by atoms with Crippen molar-refractivity contribution in [3.05, 3.63) is 53.6 Å². The average molecular weight is 524 g/mol. The highest BCUT2D eigenvalue weighted by atomic mass is 35.5. The molecule has 0 bridgehead atoms. The van der Waals surface area contributed by atoms with Crippen molar-refractivity contribution >= 4 is 35.4 Å². The molecule has 4 rings (SSSR count). The van der Waals surface area contributed by atoms with Gasteiger partial charge in [0, 0.05) is 70.4 Å². The molecule has 1 spiro atoms. The fourth-order valence-corrected chi connectivity index (χ4v) is 5.66. The third kappa shape index (κ3) is 6.65. The van der Waals surface area contributed by atoms with E-state index in [1.165, 1.54) is 0 Å². The fourth-order valence-electron chi connectivity index (χ4n) is 5.34. The summed E-state index contributed by atoms with van der Waals surface area (Å²) >= 11 is 6.27. The minimum Gasteiger partial charge on any atom is -0.382 e. The molecule has 2 aromatic rings. The summed E-state index contributed by atoms with van der Waals surface area (Å²) in [7, 11) is 5.42. The minimum atomic E-state index is 0.0625. The van der Waals surface area contributed by atoms with E-state index in [0.717, 1.165) is 56.6 Å². The molecule has 2 N–H and O–H groups in total. The van der Waals surface area contributed by atoms with Gasteiger partial charge >= 0.3 is 0 Å². The van der Waals surface area contributed by atoms with Gasteiger partial charge in [0.05, 0.1) is 10.7 Å². The first-order valence-electron chi connectivity index (χ1n) is 12.5. The van der Waals surface area contributed by atoms with Crippen LogP contribution >= 0.6 is 11.6 Å². The second kappa shape index (κ2) is 11.7. The van der Waals surface area contributed by atoms with Crippen LogP contribution in [0, 0.1) is 11.3 Å². The van der Waals surface area contributed by atoms with Crippen LogP contribution in [0.15, 0.2) is 53.6 Å². The number of rotatable bonds is 8. The van der Waals surface area contributed by atoms with Gasteiger partial charge in [0.2, 0.25) is 5.91 Å². The Morgan fingerprint density at radius 1 is 1.30 bits per heavy atom. The van der Waals surface area contributed by atoms with Crippen molar-refractivity contribution in [2.45, 2.75) is 32.1 Å². The van der Waals surface area contributed by atoms with Gasteiger partial charge in [-0.3, -0.25) is 14.6 Å². The SMILES string of the molecule is CNC(=O)C1CCCC2(CCN(c3cc(N/C(C=O)=C/C(Cl)=C\N(C)C)nc(-c4cccnc4)n3)C2)C1. The van der Waals surface area contributed by atoms with Crippen LogP contribution in [0.2, 0.25) is 0 Å². The molecule has 2 fully saturated rings. The van der Waals surface area contributed by atoms with Crippen molar-refractivity contribution in [3.63, 3.8) is 0 Å². The molecule has 1 saturated carbocycles. The molecule has 2 unspecified atom stereocenters. The number of hydrogen-bond acceptors (Lipinski definition) is 8. The monoisotopic (exact) mass is 523 g/mol. The van der Waals surface area contributed by atoms with Gasteiger partial charge in [0.1, 0.15) is 11.6 Å². The standard InChI is InChI=1S/C27H34ClN7O2/c1-29-26(37)19-6-4-8-27(14-19)9-11-35(18-27)24-13-23(31-22(17-36)12-21(28)16-34(2)3)32-25(33-24)20-7-5-10-30-15-20/h5,7,10,12-13,15-17,19H,4,6,8-9,11,14,18H2,1-3H3,(H,29,37)(H,31,32,33)/b21-16+,22-12+. The Morgan fingerprint density at radius 2 is 2.14 bits per heavy atom. The van der Waals surface area contributed by atoms with Crippen LogP contribution in [0.25, 0.3) is 11.4 Å². The van der Waals surface area contributed by atoms with Crippen LogP contribution in [0.3, 0.4) is 0 Å². The lowest BCUT2D eigenvalue weighted by molar-refractivity contribution is -0.126. The zero-order valence-corrected chi connectivity index (χ0v) is 22.3. The predicted octanol–water partition coefficient (Wildman–Crippen LogP) is 3.81. The van der Waals surface area contributed by atoms with E-state index >= 15 is 0 Å². The number of nitrogens with one attached hydrogen (secondary N) is 2. The van der Waals surface area contributed by atoms with E-state index < -0.39 is 0 Å². The van der Waals surface area contributed by atoms with E-state index in [0.29, 0.717) is 23.0 Å². The van der Waals surface area contributed by atoms with Crippen molar-refractivity contribution in [3.8, 4) is 11.4 Å². The Kier molecular flexibility index (Phi) is 8.43. The lowest BCUT2D eigenvalue weighted by atomic mass is 9.69. The van der Waals surface area contributed by atoms with Crippen LogP contribution in [0.5, 0.6) is 0 Å². The van der Waals surface area contributed by atoms with Gasteiger partial charge in [-0.25, -0.2) is 9.97 Å². The van der Waals surface area contributed by atoms with Gasteiger partial charge in [-0.2, -0.15) is 0 Å². The Hall–Kier alpha value is -3.46. The highest BCUT2D eigenvalue weighted by Crippen LogP contribution is 2.47. The van der Waals surface area contributed by atoms with E-state index in [1.54, 1.807) is 36.6 Å². The summed E-state index contributed by atoms with van der Waals surface area (Å²) in [6.45, 7) is 1.67. The lowest BCUT2D eigenvalue weighted by Gasteiger charge is -2.37. The Labute approximate surface area is 223 Å². The zero-order chi connectivity index (χ0) is 26.4. The summed E-state index contributed by atoms with van der Waals surface area (Å²) in [5.41, 5.74) is 1.16. The van der Waals surface area contributed by atoms with Crippen LogP contribution < -0.4 is 15.5 Å². The van der Waals surface area contributed by atoms with Crippen LogP contribution in [-0.2, 0) is 9.59 Å². The quantitative estimate of drug-likeness (QED) is 0.306. The first-order valence-corrected chi connectivity index (χ1v) is 12.9. The van der Waals surface area contributed by atoms with E-state index in [9.17, 15) is 9.59 Å². The molecule has 3 heterocycles. The molecule has 2 aromatic heterocycles. The summed E-state index contributed by atoms with van der Waals surface area (Å²) in [4.78, 5) is 42.0. The molecule has 1 saturated heterocycles. The second-order valence-corrected chi connectivity index (χ2v) is 10.5. The van der Waals surface area contributed by atoms with Crippen LogP contribution in [0.1, 0.15) is 32.1 Å². The molecule has 9 nitrogen and oxygen atoms in total. The molecule has 37 heavy (non-hydrogen) atoms. The molecule has 2 aliphatic rings. The van der Waals surface area contributed by atoms with Gasteiger partial charge in [-0.15, -0.1) is 0 Å². The predicted molar refractivity (Wildman–Crippen MR) is 146 cm³/mol. The van der Waals surface area contributed by atoms with Crippen LogP contribution in [-0.4, -0.2) is 66.3 Å². The molecular formula is C27H34ClN7O2. The molecule has 1 amide bonds. The summed E-state index contributed by atoms with van der Waals surface area (Å²) in [6.07, 6.45) is 12.4. The summed E-state index contributed by atoms with van der Waals surface area (Å²) in [6, 6.07) is 5.61. The molecule has 0 radical (unpaired) electrons. The highest BCUT2D eigenvalue weighted by molar-refractivity contribution is 6.31. The van der Waals surface area contributed by atoms with Gasteiger partial charge < -0.3 is 20.4 Å². The summed E-state index contributed by atoms with van der Waals surface area (Å²) < 4.78 is 0. The molecule has 2 atom stereocenters. The molecule has 10 heteroatoms. The maximum atomic E-state index is 12.4. The minimum absolute atomic E-state index is 0.0625. The molecule has 0 aromatic carbocycles. The van der Waals surface area contributed by atoms with Gasteiger partial charge in [-0.05, 0) is 49.3 Å². The maximum Gasteiger partial charge on any atom is 0.222 e. The molecular weight excluding hydrogens is 490 g/mol. The topological polar surface area (TPSA) is 103 Å². The second-order valence-electron chi connectivity index (χ2n) is 10.1. The Morgan fingerprint density at radius 3 is 2.84 bits per heavy atom. The number of pyridine rings is 1. The first-order chi connectivity index (χ1) is 17.8. The number of amides is 1. The van der Waals surface area contributed by atoms with Crippen molar-refractivity contribution in [1.82, 2.24) is 25.2 Å². The largest absolute Gasteiger partial charge is 0.382 e. The highest BCUT2D eigenvalue weighted by Gasteiger charge is 2.43. The first kappa shape index (κ1) is 26.6. The van der Waals surface area contributed by atoms with E-state index in [-0.39, 0.29) is 22.9 Å². The number of allylic oxidation sites excluding steroid dienone is 3. The third-order valence-electron chi connectivity index (χ3n) is 7.03. The number of anilines is 2. The van der Waals surface area contributed by atoms with Crippen molar-refractivity contribution in [1.29, 1.82) is 0 Å². The average Bonchev–Trinajstić information content (AvgIpc) is 3.30. The number of aldehydes is 1. The van der Waals surface area contributed by atoms with Crippen molar-refractivity contribution in [2.24, 2.45) is 11.3 Å². The third-order valence-corrected chi connectivity index (χ3v) is 7.23. The van der Waals surface area contributed by atoms with Gasteiger partial charge in [0.15, 0.2) is 12.1 Å². The van der Waals surface area contributed by atoms with Gasteiger partial charge in [0.25, 0.3) is 0 Å². The Bertz CT molecular complexity index is 1180. The number of nitrogens with zero attached hydrogens (tertiary/aromatic N) is 5. The maximum absolute atomic E-state index is 12.4. The number of carbonyl (C=O) groups excluding carboxylic acids is 2. The van der Waals surface area contributed by atoms with Crippen molar-refractivity contribution in [2.75, 3.05) is 44.4 Å². The molecule has 196 valence electrons. The number of aromatic nitrogens is 3. The summed E-state index contributed by atoms with van der Waals surface area (Å²) in [5, 5.41) is 6.34. The van der Waals surface area contributed by atoms with E-state index in [4.69, 9.17) is 16.6 Å². The summed E-state index contributed by atoms with van der Waals surface area (Å²) in [5.74, 6) is 1.98. The zero-order valence-electron chi connectivity index (χ0n) is 21.6. The Balaban J connectivity index is 1.63. The van der Waals surface area contributed by atoms with E-state index in [1.807, 2.05) is 32.3 Å². The van der Waals surface area contributed by atoms with Crippen molar-refractivity contribution < 1.29 is 9.59 Å². The van der Waals surface area contributed by atoms with Crippen LogP contribution in [0.4, 0.5) is 11.6 Å². The molecule has 1 aliphatic carbocycles.